The number of carboxylic acid groups (broad SMARTS) is 1. The first-order chi connectivity index (χ1) is 9.47. The summed E-state index contributed by atoms with van der Waals surface area (Å²) >= 11 is 0. The molecule has 0 radical (unpaired) electrons. The lowest BCUT2D eigenvalue weighted by Crippen LogP contribution is -2.09. The molecule has 0 aliphatic carbocycles. The molecule has 0 fully saturated rings. The van der Waals surface area contributed by atoms with E-state index in [1.807, 2.05) is 13.0 Å². The summed E-state index contributed by atoms with van der Waals surface area (Å²) in [7, 11) is 0. The number of halogens is 2. The molecule has 20 heavy (non-hydrogen) atoms. The molecular formula is C15H12F2O3. The van der Waals surface area contributed by atoms with Gasteiger partial charge >= 0.3 is 5.97 Å². The van der Waals surface area contributed by atoms with Crippen LogP contribution in [0.15, 0.2) is 36.4 Å². The number of hydrogen-bond donors (Lipinski definition) is 1. The molecule has 2 rings (SSSR count). The zero-order chi connectivity index (χ0) is 14.7. The number of carboxylic acids is 1. The lowest BCUT2D eigenvalue weighted by molar-refractivity contribution is -0.139. The molecule has 0 heterocycles. The van der Waals surface area contributed by atoms with E-state index in [1.165, 1.54) is 0 Å². The van der Waals surface area contributed by atoms with Crippen LogP contribution in [0.3, 0.4) is 0 Å². The van der Waals surface area contributed by atoms with Crippen molar-refractivity contribution in [2.75, 3.05) is 6.61 Å². The van der Waals surface area contributed by atoms with Crippen LogP contribution >= 0.6 is 0 Å². The minimum atomic E-state index is -1.21. The normalized spacial score (nSPS) is 10.3. The van der Waals surface area contributed by atoms with Crippen molar-refractivity contribution in [3.63, 3.8) is 0 Å². The fourth-order valence-corrected chi connectivity index (χ4v) is 1.85. The van der Waals surface area contributed by atoms with Crippen LogP contribution in [0.2, 0.25) is 0 Å². The zero-order valence-corrected chi connectivity index (χ0v) is 10.7. The van der Waals surface area contributed by atoms with Crippen LogP contribution in [0.25, 0.3) is 11.1 Å². The Labute approximate surface area is 114 Å². The zero-order valence-electron chi connectivity index (χ0n) is 10.7. The summed E-state index contributed by atoms with van der Waals surface area (Å²) in [6, 6.07) is 8.75. The Morgan fingerprint density at radius 3 is 2.40 bits per heavy atom. The molecule has 2 aromatic carbocycles. The molecule has 1 N–H and O–H groups in total. The predicted molar refractivity (Wildman–Crippen MR) is 69.7 cm³/mol. The number of ether oxygens (including phenoxy) is 1. The van der Waals surface area contributed by atoms with Crippen molar-refractivity contribution in [3.8, 4) is 16.9 Å². The Hall–Kier alpha value is -2.43. The molecule has 0 saturated heterocycles. The highest BCUT2D eigenvalue weighted by Crippen LogP contribution is 2.30. The van der Waals surface area contributed by atoms with E-state index in [0.29, 0.717) is 5.56 Å². The third kappa shape index (κ3) is 3.12. The van der Waals surface area contributed by atoms with Gasteiger partial charge in [0.1, 0.15) is 17.4 Å². The van der Waals surface area contributed by atoms with E-state index < -0.39 is 24.2 Å². The predicted octanol–water partition coefficient (Wildman–Crippen LogP) is 3.40. The summed E-state index contributed by atoms with van der Waals surface area (Å²) in [6.45, 7) is 1.17. The first kappa shape index (κ1) is 14.0. The van der Waals surface area contributed by atoms with Gasteiger partial charge in [-0.25, -0.2) is 13.6 Å². The van der Waals surface area contributed by atoms with Crippen molar-refractivity contribution in [1.82, 2.24) is 0 Å². The van der Waals surface area contributed by atoms with E-state index in [0.717, 1.165) is 17.7 Å². The number of carbonyl (C=O) groups is 1. The average Bonchev–Trinajstić information content (AvgIpc) is 2.35. The fourth-order valence-electron chi connectivity index (χ4n) is 1.85. The van der Waals surface area contributed by atoms with E-state index in [2.05, 4.69) is 0 Å². The van der Waals surface area contributed by atoms with Crippen molar-refractivity contribution in [2.45, 2.75) is 6.92 Å². The molecule has 104 valence electrons. The maximum Gasteiger partial charge on any atom is 0.341 e. The van der Waals surface area contributed by atoms with Gasteiger partial charge in [0.25, 0.3) is 0 Å². The Kier molecular flexibility index (Phi) is 3.98. The maximum absolute atomic E-state index is 14.0. The molecule has 5 heteroatoms. The second-order valence-corrected chi connectivity index (χ2v) is 4.31. The van der Waals surface area contributed by atoms with Crippen molar-refractivity contribution < 1.29 is 23.4 Å². The molecule has 0 spiro atoms. The summed E-state index contributed by atoms with van der Waals surface area (Å²) in [4.78, 5) is 10.4. The van der Waals surface area contributed by atoms with Crippen LogP contribution in [0, 0.1) is 18.6 Å². The largest absolute Gasteiger partial charge is 0.482 e. The smallest absolute Gasteiger partial charge is 0.341 e. The van der Waals surface area contributed by atoms with Crippen molar-refractivity contribution in [1.29, 1.82) is 0 Å². The lowest BCUT2D eigenvalue weighted by atomic mass is 10.0. The van der Waals surface area contributed by atoms with Gasteiger partial charge in [-0.2, -0.15) is 0 Å². The third-order valence-electron chi connectivity index (χ3n) is 2.68. The van der Waals surface area contributed by atoms with Crippen molar-refractivity contribution in [3.05, 3.63) is 53.6 Å². The fraction of sp³-hybridized carbons (Fsp3) is 0.133. The van der Waals surface area contributed by atoms with Gasteiger partial charge in [0.2, 0.25) is 0 Å². The molecule has 2 aromatic rings. The Bertz CT molecular complexity index is 630. The minimum Gasteiger partial charge on any atom is -0.482 e. The summed E-state index contributed by atoms with van der Waals surface area (Å²) < 4.78 is 32.7. The Morgan fingerprint density at radius 1 is 1.20 bits per heavy atom. The average molecular weight is 278 g/mol. The van der Waals surface area contributed by atoms with E-state index in [-0.39, 0.29) is 11.3 Å². The topological polar surface area (TPSA) is 46.5 Å². The highest BCUT2D eigenvalue weighted by Gasteiger charge is 2.14. The van der Waals surface area contributed by atoms with Gasteiger partial charge in [0.05, 0.1) is 5.56 Å². The number of rotatable bonds is 4. The van der Waals surface area contributed by atoms with Crippen LogP contribution in [-0.4, -0.2) is 17.7 Å². The van der Waals surface area contributed by atoms with E-state index in [4.69, 9.17) is 9.84 Å². The molecule has 0 aromatic heterocycles. The van der Waals surface area contributed by atoms with Gasteiger partial charge in [0, 0.05) is 12.1 Å². The van der Waals surface area contributed by atoms with E-state index in [9.17, 15) is 13.6 Å². The van der Waals surface area contributed by atoms with Crippen LogP contribution in [0.1, 0.15) is 5.56 Å². The monoisotopic (exact) mass is 278 g/mol. The summed E-state index contributed by atoms with van der Waals surface area (Å²) in [6.07, 6.45) is 0. The molecule has 0 unspecified atom stereocenters. The summed E-state index contributed by atoms with van der Waals surface area (Å²) in [5.41, 5.74) is 1.15. The first-order valence-corrected chi connectivity index (χ1v) is 5.88. The van der Waals surface area contributed by atoms with Gasteiger partial charge in [-0.1, -0.05) is 29.8 Å². The highest BCUT2D eigenvalue weighted by atomic mass is 19.1. The second-order valence-electron chi connectivity index (χ2n) is 4.31. The molecule has 0 atom stereocenters. The standard InChI is InChI=1S/C15H12F2O3/c1-9-3-2-4-10(5-9)15-12(16)6-11(7-13(15)17)20-8-14(18)19/h2-7H,8H2,1H3,(H,18,19). The van der Waals surface area contributed by atoms with Gasteiger partial charge in [-0.15, -0.1) is 0 Å². The Morgan fingerprint density at radius 2 is 1.85 bits per heavy atom. The van der Waals surface area contributed by atoms with Crippen LogP contribution in [0.5, 0.6) is 5.75 Å². The molecule has 0 bridgehead atoms. The third-order valence-corrected chi connectivity index (χ3v) is 2.68. The SMILES string of the molecule is Cc1cccc(-c2c(F)cc(OCC(=O)O)cc2F)c1. The molecule has 0 aliphatic rings. The summed E-state index contributed by atoms with van der Waals surface area (Å²) in [5.74, 6) is -2.96. The number of benzene rings is 2. The molecule has 0 aliphatic heterocycles. The molecular weight excluding hydrogens is 266 g/mol. The number of aliphatic carboxylic acids is 1. The van der Waals surface area contributed by atoms with Gasteiger partial charge in [-0.3, -0.25) is 0 Å². The number of aryl methyl sites for hydroxylation is 1. The molecule has 0 amide bonds. The molecule has 3 nitrogen and oxygen atoms in total. The summed E-state index contributed by atoms with van der Waals surface area (Å²) in [5, 5.41) is 8.46. The van der Waals surface area contributed by atoms with Crippen LogP contribution in [0.4, 0.5) is 8.78 Å². The van der Waals surface area contributed by atoms with E-state index in [1.54, 1.807) is 18.2 Å². The second kappa shape index (κ2) is 5.69. The van der Waals surface area contributed by atoms with Crippen molar-refractivity contribution >= 4 is 5.97 Å². The minimum absolute atomic E-state index is 0.154. The first-order valence-electron chi connectivity index (χ1n) is 5.88. The maximum atomic E-state index is 14.0. The van der Waals surface area contributed by atoms with E-state index >= 15 is 0 Å². The highest BCUT2D eigenvalue weighted by molar-refractivity contribution is 5.69. The van der Waals surface area contributed by atoms with Gasteiger partial charge in [0.15, 0.2) is 6.61 Å². The van der Waals surface area contributed by atoms with Gasteiger partial charge < -0.3 is 9.84 Å². The lowest BCUT2D eigenvalue weighted by Gasteiger charge is -2.09. The van der Waals surface area contributed by atoms with Crippen molar-refractivity contribution in [2.24, 2.45) is 0 Å². The quantitative estimate of drug-likeness (QED) is 0.932. The molecule has 0 saturated carbocycles. The van der Waals surface area contributed by atoms with Crippen LogP contribution in [-0.2, 0) is 4.79 Å². The van der Waals surface area contributed by atoms with Gasteiger partial charge in [-0.05, 0) is 12.5 Å². The van der Waals surface area contributed by atoms with Crippen LogP contribution < -0.4 is 4.74 Å². The number of hydrogen-bond acceptors (Lipinski definition) is 2. The Balaban J connectivity index is 2.38.